The van der Waals surface area contributed by atoms with Crippen LogP contribution in [0.1, 0.15) is 11.5 Å². The Labute approximate surface area is 108 Å². The van der Waals surface area contributed by atoms with E-state index in [1.807, 2.05) is 40.1 Å². The molecule has 0 unspecified atom stereocenters. The average molecular weight is 263 g/mol. The molecule has 0 aliphatic carbocycles. The number of thiazole rings is 1. The van der Waals surface area contributed by atoms with Crippen LogP contribution in [0.5, 0.6) is 0 Å². The van der Waals surface area contributed by atoms with Crippen molar-refractivity contribution in [1.82, 2.24) is 9.38 Å². The van der Waals surface area contributed by atoms with Gasteiger partial charge in [0.1, 0.15) is 5.76 Å². The number of hydrogen-bond donors (Lipinski definition) is 1. The van der Waals surface area contributed by atoms with E-state index in [9.17, 15) is 5.11 Å². The van der Waals surface area contributed by atoms with Crippen LogP contribution < -0.4 is 4.90 Å². The molecular weight excluding hydrogens is 250 g/mol. The van der Waals surface area contributed by atoms with Gasteiger partial charge in [-0.05, 0) is 12.1 Å². The zero-order valence-electron chi connectivity index (χ0n) is 9.91. The summed E-state index contributed by atoms with van der Waals surface area (Å²) in [6.45, 7) is 0.598. The van der Waals surface area contributed by atoms with Crippen LogP contribution in [0.15, 0.2) is 34.4 Å². The molecule has 0 amide bonds. The minimum Gasteiger partial charge on any atom is -0.467 e. The number of hydrogen-bond acceptors (Lipinski definition) is 5. The van der Waals surface area contributed by atoms with Crippen LogP contribution in [0, 0.1) is 0 Å². The maximum atomic E-state index is 9.49. The van der Waals surface area contributed by atoms with Crippen molar-refractivity contribution in [3.8, 4) is 0 Å². The summed E-state index contributed by atoms with van der Waals surface area (Å²) in [6.07, 6.45) is 3.57. The van der Waals surface area contributed by atoms with Gasteiger partial charge in [-0.25, -0.2) is 4.98 Å². The molecule has 0 bridgehead atoms. The molecular formula is C12H13N3O2S. The lowest BCUT2D eigenvalue weighted by Crippen LogP contribution is -2.18. The first-order valence-corrected chi connectivity index (χ1v) is 6.46. The number of anilines is 1. The number of furan rings is 1. The fourth-order valence-electron chi connectivity index (χ4n) is 1.98. The molecule has 5 nitrogen and oxygen atoms in total. The van der Waals surface area contributed by atoms with Gasteiger partial charge < -0.3 is 14.4 Å². The van der Waals surface area contributed by atoms with Gasteiger partial charge in [0, 0.05) is 18.6 Å². The fourth-order valence-corrected chi connectivity index (χ4v) is 2.71. The predicted molar refractivity (Wildman–Crippen MR) is 69.8 cm³/mol. The summed E-state index contributed by atoms with van der Waals surface area (Å²) in [5, 5.41) is 11.4. The molecule has 0 aliphatic heterocycles. The van der Waals surface area contributed by atoms with Crippen molar-refractivity contribution in [2.45, 2.75) is 13.2 Å². The van der Waals surface area contributed by atoms with E-state index in [4.69, 9.17) is 4.42 Å². The molecule has 94 valence electrons. The highest BCUT2D eigenvalue weighted by Crippen LogP contribution is 2.25. The topological polar surface area (TPSA) is 53.9 Å². The van der Waals surface area contributed by atoms with Gasteiger partial charge in [0.15, 0.2) is 10.8 Å². The molecule has 3 aromatic rings. The molecule has 3 rings (SSSR count). The zero-order chi connectivity index (χ0) is 12.5. The third kappa shape index (κ3) is 1.79. The largest absolute Gasteiger partial charge is 0.467 e. The van der Waals surface area contributed by atoms with Gasteiger partial charge in [-0.15, -0.1) is 11.3 Å². The number of aliphatic hydroxyl groups excluding tert-OH is 1. The highest BCUT2D eigenvalue weighted by molar-refractivity contribution is 7.15. The number of aliphatic hydroxyl groups is 1. The van der Waals surface area contributed by atoms with Gasteiger partial charge in [0.2, 0.25) is 0 Å². The second kappa shape index (κ2) is 4.47. The van der Waals surface area contributed by atoms with E-state index in [-0.39, 0.29) is 6.61 Å². The Morgan fingerprint density at radius 1 is 1.56 bits per heavy atom. The summed E-state index contributed by atoms with van der Waals surface area (Å²) in [6, 6.07) is 3.79. The van der Waals surface area contributed by atoms with E-state index in [1.54, 1.807) is 17.6 Å². The van der Waals surface area contributed by atoms with Crippen molar-refractivity contribution >= 4 is 22.1 Å². The summed E-state index contributed by atoms with van der Waals surface area (Å²) >= 11 is 1.55. The summed E-state index contributed by atoms with van der Waals surface area (Å²) < 4.78 is 7.23. The first-order valence-electron chi connectivity index (χ1n) is 5.58. The van der Waals surface area contributed by atoms with Gasteiger partial charge in [-0.2, -0.15) is 0 Å². The van der Waals surface area contributed by atoms with Gasteiger partial charge >= 0.3 is 0 Å². The molecule has 3 heterocycles. The van der Waals surface area contributed by atoms with E-state index in [0.717, 1.165) is 22.2 Å². The number of fused-ring (bicyclic) bond motifs is 1. The van der Waals surface area contributed by atoms with Crippen LogP contribution in [0.25, 0.3) is 4.96 Å². The lowest BCUT2D eigenvalue weighted by Gasteiger charge is -2.16. The maximum Gasteiger partial charge on any atom is 0.195 e. The summed E-state index contributed by atoms with van der Waals surface area (Å²) in [5.41, 5.74) is 0.806. The molecule has 0 spiro atoms. The first-order chi connectivity index (χ1) is 8.79. The Bertz CT molecular complexity index is 641. The molecule has 0 radical (unpaired) electrons. The first kappa shape index (κ1) is 11.3. The lowest BCUT2D eigenvalue weighted by molar-refractivity contribution is 0.276. The third-order valence-corrected chi connectivity index (χ3v) is 3.58. The predicted octanol–water partition coefficient (Wildman–Crippen LogP) is 2.12. The second-order valence-electron chi connectivity index (χ2n) is 4.03. The van der Waals surface area contributed by atoms with Gasteiger partial charge in [0.25, 0.3) is 0 Å². The fraction of sp³-hybridized carbons (Fsp3) is 0.250. The molecule has 0 aliphatic rings. The number of aromatic nitrogens is 2. The Morgan fingerprint density at radius 3 is 3.17 bits per heavy atom. The second-order valence-corrected chi connectivity index (χ2v) is 4.90. The van der Waals surface area contributed by atoms with Crippen molar-refractivity contribution < 1.29 is 9.52 Å². The third-order valence-electron chi connectivity index (χ3n) is 2.82. The Kier molecular flexibility index (Phi) is 2.81. The molecule has 0 saturated heterocycles. The standard InChI is InChI=1S/C12H13N3O2S/c1-14(7-9-3-2-5-17-9)11-10(8-16)15-4-6-18-12(15)13-11/h2-6,16H,7-8H2,1H3. The van der Waals surface area contributed by atoms with Crippen LogP contribution >= 0.6 is 11.3 Å². The monoisotopic (exact) mass is 263 g/mol. The van der Waals surface area contributed by atoms with E-state index in [2.05, 4.69) is 4.98 Å². The molecule has 0 aromatic carbocycles. The van der Waals surface area contributed by atoms with E-state index < -0.39 is 0 Å². The Hall–Kier alpha value is -1.79. The normalized spacial score (nSPS) is 11.2. The number of imidazole rings is 1. The molecule has 18 heavy (non-hydrogen) atoms. The maximum absolute atomic E-state index is 9.49. The van der Waals surface area contributed by atoms with E-state index in [1.165, 1.54) is 0 Å². The SMILES string of the molecule is CN(Cc1ccco1)c1nc2sccn2c1CO. The zero-order valence-corrected chi connectivity index (χ0v) is 10.7. The van der Waals surface area contributed by atoms with Gasteiger partial charge in [0.05, 0.1) is 25.1 Å². The summed E-state index contributed by atoms with van der Waals surface area (Å²) in [5.74, 6) is 1.67. The Morgan fingerprint density at radius 2 is 2.44 bits per heavy atom. The van der Waals surface area contributed by atoms with Crippen LogP contribution in [0.2, 0.25) is 0 Å². The number of nitrogens with zero attached hydrogens (tertiary/aromatic N) is 3. The average Bonchev–Trinajstić information content (AvgIpc) is 3.03. The van der Waals surface area contributed by atoms with Crippen molar-refractivity contribution in [2.24, 2.45) is 0 Å². The summed E-state index contributed by atoms with van der Waals surface area (Å²) in [4.78, 5) is 7.40. The van der Waals surface area contributed by atoms with Crippen LogP contribution in [-0.2, 0) is 13.2 Å². The highest BCUT2D eigenvalue weighted by Gasteiger charge is 2.16. The summed E-state index contributed by atoms with van der Waals surface area (Å²) in [7, 11) is 1.94. The quantitative estimate of drug-likeness (QED) is 0.783. The number of rotatable bonds is 4. The van der Waals surface area contributed by atoms with E-state index in [0.29, 0.717) is 6.54 Å². The molecule has 0 atom stereocenters. The van der Waals surface area contributed by atoms with Crippen molar-refractivity contribution in [3.05, 3.63) is 41.4 Å². The minimum absolute atomic E-state index is 0.0320. The Balaban J connectivity index is 1.95. The van der Waals surface area contributed by atoms with Crippen LogP contribution in [-0.4, -0.2) is 21.5 Å². The lowest BCUT2D eigenvalue weighted by atomic mass is 10.3. The van der Waals surface area contributed by atoms with Crippen LogP contribution in [0.4, 0.5) is 5.82 Å². The van der Waals surface area contributed by atoms with E-state index >= 15 is 0 Å². The van der Waals surface area contributed by atoms with Crippen LogP contribution in [0.3, 0.4) is 0 Å². The highest BCUT2D eigenvalue weighted by atomic mass is 32.1. The van der Waals surface area contributed by atoms with Crippen molar-refractivity contribution in [2.75, 3.05) is 11.9 Å². The molecule has 6 heteroatoms. The van der Waals surface area contributed by atoms with Crippen molar-refractivity contribution in [1.29, 1.82) is 0 Å². The molecule has 1 N–H and O–H groups in total. The minimum atomic E-state index is -0.0320. The van der Waals surface area contributed by atoms with Gasteiger partial charge in [-0.3, -0.25) is 4.40 Å². The molecule has 0 fully saturated rings. The smallest absolute Gasteiger partial charge is 0.195 e. The molecule has 0 saturated carbocycles. The van der Waals surface area contributed by atoms with Gasteiger partial charge in [-0.1, -0.05) is 0 Å². The van der Waals surface area contributed by atoms with Crippen molar-refractivity contribution in [3.63, 3.8) is 0 Å². The molecule has 3 aromatic heterocycles.